The number of nitrogens with zero attached hydrogens (tertiary/aromatic N) is 1. The van der Waals surface area contributed by atoms with E-state index in [1.807, 2.05) is 31.2 Å². The van der Waals surface area contributed by atoms with Crippen molar-refractivity contribution in [1.29, 1.82) is 0 Å². The molecule has 2 aromatic rings. The van der Waals surface area contributed by atoms with Gasteiger partial charge in [-0.3, -0.25) is 14.5 Å². The highest BCUT2D eigenvalue weighted by Crippen LogP contribution is 2.38. The van der Waals surface area contributed by atoms with Crippen LogP contribution in [0.3, 0.4) is 0 Å². The molecule has 1 fully saturated rings. The van der Waals surface area contributed by atoms with Crippen LogP contribution in [0.4, 0.5) is 4.79 Å². The van der Waals surface area contributed by atoms with Gasteiger partial charge in [0.1, 0.15) is 12.4 Å². The van der Waals surface area contributed by atoms with E-state index in [4.69, 9.17) is 25.8 Å². The molecule has 1 aliphatic heterocycles. The molecule has 0 aliphatic carbocycles. The Morgan fingerprint density at radius 3 is 2.48 bits per heavy atom. The van der Waals surface area contributed by atoms with Crippen LogP contribution in [0.15, 0.2) is 41.3 Å². The molecule has 2 aromatic carbocycles. The minimum Gasteiger partial charge on any atom is -0.493 e. The summed E-state index contributed by atoms with van der Waals surface area (Å²) in [5.74, 6) is 1.18. The summed E-state index contributed by atoms with van der Waals surface area (Å²) in [4.78, 5) is 26.4. The Morgan fingerprint density at radius 2 is 1.83 bits per heavy atom. The molecule has 6 nitrogen and oxygen atoms in total. The van der Waals surface area contributed by atoms with Crippen molar-refractivity contribution >= 4 is 40.6 Å². The fourth-order valence-electron chi connectivity index (χ4n) is 2.75. The van der Waals surface area contributed by atoms with Crippen LogP contribution in [0.5, 0.6) is 17.2 Å². The van der Waals surface area contributed by atoms with E-state index in [0.29, 0.717) is 32.7 Å². The molecule has 0 bridgehead atoms. The highest BCUT2D eigenvalue weighted by atomic mass is 35.5. The normalized spacial score (nSPS) is 15.2. The molecule has 29 heavy (non-hydrogen) atoms. The predicted molar refractivity (Wildman–Crippen MR) is 114 cm³/mol. The molecule has 0 atom stereocenters. The van der Waals surface area contributed by atoms with E-state index >= 15 is 0 Å². The summed E-state index contributed by atoms with van der Waals surface area (Å²) < 4.78 is 16.1. The lowest BCUT2D eigenvalue weighted by atomic mass is 10.2. The number of carbonyl (C=O) groups is 2. The molecule has 152 valence electrons. The Balaban J connectivity index is 1.69. The zero-order valence-corrected chi connectivity index (χ0v) is 17.8. The van der Waals surface area contributed by atoms with E-state index in [9.17, 15) is 9.59 Å². The number of ether oxygens (including phenoxy) is 3. The Kier molecular flexibility index (Phi) is 6.71. The van der Waals surface area contributed by atoms with Crippen LogP contribution >= 0.6 is 23.4 Å². The number of halogens is 1. The van der Waals surface area contributed by atoms with Crippen LogP contribution in [-0.2, 0) is 4.79 Å². The zero-order valence-electron chi connectivity index (χ0n) is 16.2. The lowest BCUT2D eigenvalue weighted by molar-refractivity contribution is -0.123. The molecule has 1 aliphatic rings. The van der Waals surface area contributed by atoms with Gasteiger partial charge >= 0.3 is 0 Å². The third kappa shape index (κ3) is 4.86. The molecule has 3 rings (SSSR count). The number of thioether (sulfide) groups is 1. The van der Waals surface area contributed by atoms with Gasteiger partial charge in [0.05, 0.1) is 30.7 Å². The predicted octanol–water partition coefficient (Wildman–Crippen LogP) is 4.78. The van der Waals surface area contributed by atoms with Crippen LogP contribution in [-0.4, -0.2) is 43.4 Å². The highest BCUT2D eigenvalue weighted by molar-refractivity contribution is 8.18. The Labute approximate surface area is 178 Å². The second-order valence-electron chi connectivity index (χ2n) is 6.23. The smallest absolute Gasteiger partial charge is 0.293 e. The van der Waals surface area contributed by atoms with E-state index in [0.717, 1.165) is 17.3 Å². The molecule has 0 unspecified atom stereocenters. The van der Waals surface area contributed by atoms with Gasteiger partial charge in [-0.1, -0.05) is 29.3 Å². The molecular formula is C21H20ClNO5S. The van der Waals surface area contributed by atoms with Crippen molar-refractivity contribution in [1.82, 2.24) is 4.90 Å². The van der Waals surface area contributed by atoms with Gasteiger partial charge in [0.25, 0.3) is 11.1 Å². The van der Waals surface area contributed by atoms with E-state index < -0.39 is 0 Å². The summed E-state index contributed by atoms with van der Waals surface area (Å²) in [7, 11) is 2.99. The minimum absolute atomic E-state index is 0.169. The summed E-state index contributed by atoms with van der Waals surface area (Å²) in [6, 6.07) is 10.9. The van der Waals surface area contributed by atoms with Gasteiger partial charge < -0.3 is 14.2 Å². The molecule has 0 spiro atoms. The van der Waals surface area contributed by atoms with Crippen molar-refractivity contribution in [2.45, 2.75) is 6.92 Å². The van der Waals surface area contributed by atoms with Crippen LogP contribution in [0.2, 0.25) is 5.02 Å². The van der Waals surface area contributed by atoms with Crippen molar-refractivity contribution in [3.63, 3.8) is 0 Å². The standard InChI is InChI=1S/C21H20ClNO5S/c1-13-4-6-15(7-5-13)28-9-8-23-20(24)18(29-21(23)25)12-14-10-16(22)19(27-3)17(11-14)26-2/h4-7,10-12H,8-9H2,1-3H3/b18-12-. The topological polar surface area (TPSA) is 65.1 Å². The molecule has 8 heteroatoms. The fraction of sp³-hybridized carbons (Fsp3) is 0.238. The lowest BCUT2D eigenvalue weighted by Crippen LogP contribution is -2.32. The maximum Gasteiger partial charge on any atom is 0.293 e. The number of methoxy groups -OCH3 is 2. The quantitative estimate of drug-likeness (QED) is 0.585. The van der Waals surface area contributed by atoms with Gasteiger partial charge in [-0.05, 0) is 54.6 Å². The van der Waals surface area contributed by atoms with Crippen molar-refractivity contribution in [2.24, 2.45) is 0 Å². The molecule has 0 saturated carbocycles. The van der Waals surface area contributed by atoms with E-state index in [2.05, 4.69) is 0 Å². The number of hydrogen-bond acceptors (Lipinski definition) is 6. The maximum atomic E-state index is 12.6. The van der Waals surface area contributed by atoms with Crippen LogP contribution in [0.25, 0.3) is 6.08 Å². The van der Waals surface area contributed by atoms with Crippen LogP contribution < -0.4 is 14.2 Å². The molecule has 1 heterocycles. The molecule has 0 radical (unpaired) electrons. The first-order valence-corrected chi connectivity index (χ1v) is 9.98. The molecule has 0 N–H and O–H groups in total. The number of imide groups is 1. The summed E-state index contributed by atoms with van der Waals surface area (Å²) >= 11 is 7.09. The Morgan fingerprint density at radius 1 is 1.10 bits per heavy atom. The van der Waals surface area contributed by atoms with Gasteiger partial charge in [0, 0.05) is 0 Å². The van der Waals surface area contributed by atoms with Crippen LogP contribution in [0, 0.1) is 6.92 Å². The maximum absolute atomic E-state index is 12.6. The van der Waals surface area contributed by atoms with Crippen molar-refractivity contribution in [3.8, 4) is 17.2 Å². The molecule has 0 aromatic heterocycles. The SMILES string of the molecule is COc1cc(/C=C2\SC(=O)N(CCOc3ccc(C)cc3)C2=O)cc(Cl)c1OC. The highest BCUT2D eigenvalue weighted by Gasteiger charge is 2.34. The number of aryl methyl sites for hydroxylation is 1. The second-order valence-corrected chi connectivity index (χ2v) is 7.63. The van der Waals surface area contributed by atoms with Crippen LogP contribution in [0.1, 0.15) is 11.1 Å². The second kappa shape index (κ2) is 9.24. The zero-order chi connectivity index (χ0) is 21.0. The van der Waals surface area contributed by atoms with Crippen molar-refractivity contribution in [3.05, 3.63) is 57.5 Å². The largest absolute Gasteiger partial charge is 0.493 e. The first-order valence-electron chi connectivity index (χ1n) is 8.79. The first-order chi connectivity index (χ1) is 13.9. The third-order valence-corrected chi connectivity index (χ3v) is 5.42. The number of benzene rings is 2. The monoisotopic (exact) mass is 433 g/mol. The number of amides is 2. The molecular weight excluding hydrogens is 414 g/mol. The number of hydrogen-bond donors (Lipinski definition) is 0. The van der Waals surface area contributed by atoms with E-state index in [1.54, 1.807) is 18.2 Å². The van der Waals surface area contributed by atoms with E-state index in [1.165, 1.54) is 19.1 Å². The van der Waals surface area contributed by atoms with Gasteiger partial charge in [-0.15, -0.1) is 0 Å². The minimum atomic E-state index is -0.363. The van der Waals surface area contributed by atoms with E-state index in [-0.39, 0.29) is 24.3 Å². The third-order valence-electron chi connectivity index (χ3n) is 4.23. The van der Waals surface area contributed by atoms with Gasteiger partial charge in [0.15, 0.2) is 11.5 Å². The summed E-state index contributed by atoms with van der Waals surface area (Å²) in [6.07, 6.45) is 1.61. The number of carbonyl (C=O) groups excluding carboxylic acids is 2. The molecule has 1 saturated heterocycles. The molecule has 2 amide bonds. The average Bonchev–Trinajstić information content (AvgIpc) is 2.96. The Hall–Kier alpha value is -2.64. The van der Waals surface area contributed by atoms with Gasteiger partial charge in [0.2, 0.25) is 0 Å². The fourth-order valence-corrected chi connectivity index (χ4v) is 3.92. The number of rotatable bonds is 7. The first kappa shape index (κ1) is 21.1. The average molecular weight is 434 g/mol. The van der Waals surface area contributed by atoms with Crippen molar-refractivity contribution in [2.75, 3.05) is 27.4 Å². The van der Waals surface area contributed by atoms with Gasteiger partial charge in [-0.2, -0.15) is 0 Å². The van der Waals surface area contributed by atoms with Crippen molar-refractivity contribution < 1.29 is 23.8 Å². The summed E-state index contributed by atoms with van der Waals surface area (Å²) in [5.41, 5.74) is 1.76. The lowest BCUT2D eigenvalue weighted by Gasteiger charge is -2.13. The summed E-state index contributed by atoms with van der Waals surface area (Å²) in [6.45, 7) is 2.38. The van der Waals surface area contributed by atoms with Gasteiger partial charge in [-0.25, -0.2) is 0 Å². The Bertz CT molecular complexity index is 958. The summed E-state index contributed by atoms with van der Waals surface area (Å²) in [5, 5.41) is 0.0177.